The lowest BCUT2D eigenvalue weighted by atomic mass is 9.98. The lowest BCUT2D eigenvalue weighted by Crippen LogP contribution is -2.55. The Hall–Kier alpha value is -1.56. The average Bonchev–Trinajstić information content (AvgIpc) is 2.90. The normalized spacial score (nSPS) is 17.1. The summed E-state index contributed by atoms with van der Waals surface area (Å²) in [6.07, 6.45) is 4.88. The van der Waals surface area contributed by atoms with Gasteiger partial charge in [-0.25, -0.2) is 0 Å². The molecule has 2 heterocycles. The third kappa shape index (κ3) is 4.97. The summed E-state index contributed by atoms with van der Waals surface area (Å²) in [6.45, 7) is 12.7. The minimum atomic E-state index is 0.139. The number of likely N-dealkylation sites (tertiary alicyclic amines) is 1. The molecule has 0 unspecified atom stereocenters. The molecule has 24 heavy (non-hydrogen) atoms. The van der Waals surface area contributed by atoms with E-state index in [2.05, 4.69) is 39.5 Å². The molecule has 1 saturated heterocycles. The van der Waals surface area contributed by atoms with Crippen LogP contribution < -0.4 is 10.6 Å². The standard InChI is InChI=1S/C18H33N5O/c1-14-16(15(2)24-22-14)9-10-20-17(19-5)21-13-18(3,4)23-11-7-6-8-12-23/h6-13H2,1-5H3,(H2,19,20,21). The molecular formula is C18H33N5O. The molecule has 0 radical (unpaired) electrons. The number of rotatable bonds is 6. The smallest absolute Gasteiger partial charge is 0.191 e. The first kappa shape index (κ1) is 18.8. The van der Waals surface area contributed by atoms with Crippen LogP contribution in [0.1, 0.15) is 50.1 Å². The van der Waals surface area contributed by atoms with Crippen molar-refractivity contribution in [2.75, 3.05) is 33.2 Å². The molecule has 1 fully saturated rings. The van der Waals surface area contributed by atoms with Crippen LogP contribution >= 0.6 is 0 Å². The monoisotopic (exact) mass is 335 g/mol. The van der Waals surface area contributed by atoms with Gasteiger partial charge in [-0.1, -0.05) is 11.6 Å². The van der Waals surface area contributed by atoms with Crippen LogP contribution in [-0.4, -0.2) is 54.8 Å². The van der Waals surface area contributed by atoms with Crippen molar-refractivity contribution in [2.45, 2.75) is 58.9 Å². The van der Waals surface area contributed by atoms with Crippen LogP contribution in [0.2, 0.25) is 0 Å². The summed E-state index contributed by atoms with van der Waals surface area (Å²) >= 11 is 0. The number of aromatic nitrogens is 1. The van der Waals surface area contributed by atoms with Crippen molar-refractivity contribution in [3.05, 3.63) is 17.0 Å². The van der Waals surface area contributed by atoms with Crippen molar-refractivity contribution in [1.29, 1.82) is 0 Å². The Kier molecular flexibility index (Phi) is 6.66. The fourth-order valence-electron chi connectivity index (χ4n) is 3.30. The van der Waals surface area contributed by atoms with Gasteiger partial charge in [0.2, 0.25) is 0 Å². The van der Waals surface area contributed by atoms with Crippen LogP contribution in [-0.2, 0) is 6.42 Å². The fourth-order valence-corrected chi connectivity index (χ4v) is 3.30. The zero-order valence-corrected chi connectivity index (χ0v) is 15.9. The Balaban J connectivity index is 1.77. The van der Waals surface area contributed by atoms with Gasteiger partial charge in [-0.2, -0.15) is 0 Å². The van der Waals surface area contributed by atoms with Gasteiger partial charge in [-0.15, -0.1) is 0 Å². The summed E-state index contributed by atoms with van der Waals surface area (Å²) in [5.74, 6) is 1.76. The molecule has 1 aromatic heterocycles. The summed E-state index contributed by atoms with van der Waals surface area (Å²) in [5.41, 5.74) is 2.30. The van der Waals surface area contributed by atoms with Crippen molar-refractivity contribution >= 4 is 5.96 Å². The van der Waals surface area contributed by atoms with Crippen LogP contribution in [0.25, 0.3) is 0 Å². The molecule has 0 amide bonds. The van der Waals surface area contributed by atoms with Crippen molar-refractivity contribution < 1.29 is 4.52 Å². The van der Waals surface area contributed by atoms with Crippen molar-refractivity contribution in [3.63, 3.8) is 0 Å². The first-order valence-electron chi connectivity index (χ1n) is 9.05. The number of piperidine rings is 1. The molecule has 1 aliphatic rings. The van der Waals surface area contributed by atoms with Gasteiger partial charge in [0.1, 0.15) is 5.76 Å². The minimum Gasteiger partial charge on any atom is -0.361 e. The first-order valence-corrected chi connectivity index (χ1v) is 9.05. The summed E-state index contributed by atoms with van der Waals surface area (Å²) in [6, 6.07) is 0. The van der Waals surface area contributed by atoms with Gasteiger partial charge in [0.15, 0.2) is 5.96 Å². The second-order valence-corrected chi connectivity index (χ2v) is 7.27. The van der Waals surface area contributed by atoms with Gasteiger partial charge < -0.3 is 15.2 Å². The minimum absolute atomic E-state index is 0.139. The van der Waals surface area contributed by atoms with E-state index in [0.29, 0.717) is 0 Å². The van der Waals surface area contributed by atoms with Gasteiger partial charge in [0.25, 0.3) is 0 Å². The van der Waals surface area contributed by atoms with E-state index in [1.165, 1.54) is 37.9 Å². The van der Waals surface area contributed by atoms with Gasteiger partial charge in [-0.3, -0.25) is 9.89 Å². The third-order valence-electron chi connectivity index (χ3n) is 4.97. The fraction of sp³-hybridized carbons (Fsp3) is 0.778. The topological polar surface area (TPSA) is 65.7 Å². The van der Waals surface area contributed by atoms with E-state index in [-0.39, 0.29) is 5.54 Å². The van der Waals surface area contributed by atoms with Crippen LogP contribution in [0.3, 0.4) is 0 Å². The van der Waals surface area contributed by atoms with Crippen molar-refractivity contribution in [2.24, 2.45) is 4.99 Å². The number of hydrogen-bond donors (Lipinski definition) is 2. The van der Waals surface area contributed by atoms with Crippen LogP contribution in [0.15, 0.2) is 9.52 Å². The quantitative estimate of drug-likeness (QED) is 0.617. The van der Waals surface area contributed by atoms with E-state index in [1.807, 2.05) is 20.9 Å². The maximum absolute atomic E-state index is 5.21. The number of aryl methyl sites for hydroxylation is 2. The Morgan fingerprint density at radius 1 is 1.21 bits per heavy atom. The largest absolute Gasteiger partial charge is 0.361 e. The Bertz CT molecular complexity index is 524. The predicted octanol–water partition coefficient (Wildman–Crippen LogP) is 2.26. The maximum atomic E-state index is 5.21. The van der Waals surface area contributed by atoms with E-state index in [9.17, 15) is 0 Å². The van der Waals surface area contributed by atoms with Gasteiger partial charge in [0.05, 0.1) is 5.69 Å². The van der Waals surface area contributed by atoms with E-state index < -0.39 is 0 Å². The molecule has 1 aliphatic heterocycles. The molecule has 1 aromatic rings. The molecule has 2 N–H and O–H groups in total. The number of hydrogen-bond acceptors (Lipinski definition) is 4. The van der Waals surface area contributed by atoms with Gasteiger partial charge >= 0.3 is 0 Å². The highest BCUT2D eigenvalue weighted by atomic mass is 16.5. The van der Waals surface area contributed by atoms with Crippen molar-refractivity contribution in [3.8, 4) is 0 Å². The molecule has 2 rings (SSSR count). The average molecular weight is 335 g/mol. The van der Waals surface area contributed by atoms with Crippen LogP contribution in [0.4, 0.5) is 0 Å². The first-order chi connectivity index (χ1) is 11.4. The predicted molar refractivity (Wildman–Crippen MR) is 98.5 cm³/mol. The van der Waals surface area contributed by atoms with Crippen LogP contribution in [0, 0.1) is 13.8 Å². The number of aliphatic imine (C=N–C) groups is 1. The van der Waals surface area contributed by atoms with E-state index >= 15 is 0 Å². The van der Waals surface area contributed by atoms with Gasteiger partial charge in [0, 0.05) is 31.2 Å². The molecule has 0 atom stereocenters. The zero-order chi connectivity index (χ0) is 17.6. The summed E-state index contributed by atoms with van der Waals surface area (Å²) in [7, 11) is 1.82. The molecule has 6 heteroatoms. The molecule has 136 valence electrons. The number of nitrogens with zero attached hydrogens (tertiary/aromatic N) is 3. The molecule has 6 nitrogen and oxygen atoms in total. The lowest BCUT2D eigenvalue weighted by Gasteiger charge is -2.41. The third-order valence-corrected chi connectivity index (χ3v) is 4.97. The maximum Gasteiger partial charge on any atom is 0.191 e. The number of guanidine groups is 1. The molecule has 0 aromatic carbocycles. The Morgan fingerprint density at radius 2 is 1.92 bits per heavy atom. The lowest BCUT2D eigenvalue weighted by molar-refractivity contribution is 0.0982. The highest BCUT2D eigenvalue weighted by Crippen LogP contribution is 2.19. The molecule has 0 bridgehead atoms. The highest BCUT2D eigenvalue weighted by molar-refractivity contribution is 5.79. The molecule has 0 aliphatic carbocycles. The zero-order valence-electron chi connectivity index (χ0n) is 15.9. The highest BCUT2D eigenvalue weighted by Gasteiger charge is 2.27. The van der Waals surface area contributed by atoms with E-state index in [0.717, 1.165) is 36.9 Å². The number of nitrogens with one attached hydrogen (secondary N) is 2. The second-order valence-electron chi connectivity index (χ2n) is 7.27. The molecule has 0 spiro atoms. The van der Waals surface area contributed by atoms with E-state index in [4.69, 9.17) is 4.52 Å². The Labute approximate surface area is 146 Å². The molecule has 0 saturated carbocycles. The summed E-state index contributed by atoms with van der Waals surface area (Å²) in [5, 5.41) is 10.9. The summed E-state index contributed by atoms with van der Waals surface area (Å²) < 4.78 is 5.21. The van der Waals surface area contributed by atoms with Crippen LogP contribution in [0.5, 0.6) is 0 Å². The SMILES string of the molecule is CN=C(NCCc1c(C)noc1C)NCC(C)(C)N1CCCCC1. The second kappa shape index (κ2) is 8.51. The summed E-state index contributed by atoms with van der Waals surface area (Å²) in [4.78, 5) is 6.92. The molecular weight excluding hydrogens is 302 g/mol. The van der Waals surface area contributed by atoms with E-state index in [1.54, 1.807) is 0 Å². The van der Waals surface area contributed by atoms with Crippen molar-refractivity contribution in [1.82, 2.24) is 20.7 Å². The van der Waals surface area contributed by atoms with Gasteiger partial charge in [-0.05, 0) is 60.0 Å². The Morgan fingerprint density at radius 3 is 2.50 bits per heavy atom.